The number of para-hydroxylation sites is 1. The molecule has 1 aliphatic rings. The first-order valence-electron chi connectivity index (χ1n) is 5.32. The number of hydrogen-bond acceptors (Lipinski definition) is 3. The molecule has 1 aliphatic heterocycles. The maximum absolute atomic E-state index is 11.0. The van der Waals surface area contributed by atoms with E-state index in [4.69, 9.17) is 14.6 Å². The second kappa shape index (κ2) is 3.92. The summed E-state index contributed by atoms with van der Waals surface area (Å²) in [5.74, 6) is -0.156. The van der Waals surface area contributed by atoms with Crippen LogP contribution < -0.4 is 9.64 Å². The van der Waals surface area contributed by atoms with Crippen LogP contribution in [-0.2, 0) is 11.3 Å². The molecule has 2 rings (SSSR count). The molecule has 0 radical (unpaired) electrons. The van der Waals surface area contributed by atoms with Gasteiger partial charge in [-0.2, -0.15) is 0 Å². The zero-order valence-corrected chi connectivity index (χ0v) is 10.1. The first-order chi connectivity index (χ1) is 7.91. The number of anilines is 1. The second-order valence-corrected chi connectivity index (χ2v) is 4.40. The number of benzene rings is 1. The lowest BCUT2D eigenvalue weighted by atomic mass is 10.1. The minimum absolute atomic E-state index is 0.420. The Balaban J connectivity index is 2.46. The largest absolute Gasteiger partial charge is 0.465 e. The molecule has 17 heavy (non-hydrogen) atoms. The molecule has 1 aromatic carbocycles. The van der Waals surface area contributed by atoms with Gasteiger partial charge in [-0.25, -0.2) is 4.79 Å². The average Bonchev–Trinajstić information content (AvgIpc) is 2.26. The summed E-state index contributed by atoms with van der Waals surface area (Å²) in [5, 5.41) is 9.01. The highest BCUT2D eigenvalue weighted by Gasteiger charge is 2.30. The molecule has 1 heterocycles. The monoisotopic (exact) mass is 237 g/mol. The number of amides is 1. The average molecular weight is 237 g/mol. The molecule has 0 saturated heterocycles. The Bertz CT molecular complexity index is 456. The first-order valence-corrected chi connectivity index (χ1v) is 5.32. The lowest BCUT2D eigenvalue weighted by molar-refractivity contribution is -0.179. The second-order valence-electron chi connectivity index (χ2n) is 4.40. The quantitative estimate of drug-likeness (QED) is 0.815. The van der Waals surface area contributed by atoms with Gasteiger partial charge in [0.05, 0.1) is 12.3 Å². The predicted molar refractivity (Wildman–Crippen MR) is 62.4 cm³/mol. The van der Waals surface area contributed by atoms with Crippen LogP contribution in [0.4, 0.5) is 10.5 Å². The molecule has 1 N–H and O–H groups in total. The van der Waals surface area contributed by atoms with E-state index in [-0.39, 0.29) is 0 Å². The standard InChI is InChI=1S/C12H15NO4/c1-12(2)16-7-8-5-4-6-9(10(8)17-12)13(3)11(14)15/h4-6H,7H2,1-3H3,(H,14,15). The van der Waals surface area contributed by atoms with Crippen molar-refractivity contribution in [2.75, 3.05) is 11.9 Å². The van der Waals surface area contributed by atoms with Crippen LogP contribution in [0, 0.1) is 0 Å². The molecule has 1 aromatic rings. The molecule has 5 heteroatoms. The van der Waals surface area contributed by atoms with E-state index in [0.29, 0.717) is 18.0 Å². The van der Waals surface area contributed by atoms with Crippen molar-refractivity contribution in [2.24, 2.45) is 0 Å². The van der Waals surface area contributed by atoms with E-state index in [0.717, 1.165) is 10.5 Å². The Labute approximate surface area is 99.6 Å². The fourth-order valence-electron chi connectivity index (χ4n) is 1.70. The van der Waals surface area contributed by atoms with Crippen LogP contribution in [0.25, 0.3) is 0 Å². The molecule has 0 saturated carbocycles. The van der Waals surface area contributed by atoms with Gasteiger partial charge in [0.25, 0.3) is 0 Å². The number of fused-ring (bicyclic) bond motifs is 1. The van der Waals surface area contributed by atoms with Crippen molar-refractivity contribution in [3.8, 4) is 5.75 Å². The predicted octanol–water partition coefficient (Wildman–Crippen LogP) is 2.45. The molecule has 0 bridgehead atoms. The van der Waals surface area contributed by atoms with Gasteiger partial charge < -0.3 is 14.6 Å². The Morgan fingerprint density at radius 2 is 2.18 bits per heavy atom. The molecule has 92 valence electrons. The third-order valence-corrected chi connectivity index (χ3v) is 2.65. The Morgan fingerprint density at radius 3 is 2.82 bits per heavy atom. The van der Waals surface area contributed by atoms with Gasteiger partial charge in [0, 0.05) is 26.5 Å². The van der Waals surface area contributed by atoms with Crippen molar-refractivity contribution in [1.29, 1.82) is 0 Å². The SMILES string of the molecule is CN(C(=O)O)c1cccc2c1OC(C)(C)OC2. The third kappa shape index (κ3) is 2.19. The number of carbonyl (C=O) groups is 1. The van der Waals surface area contributed by atoms with E-state index in [1.54, 1.807) is 26.0 Å². The van der Waals surface area contributed by atoms with Crippen LogP contribution >= 0.6 is 0 Å². The summed E-state index contributed by atoms with van der Waals surface area (Å²) in [6.07, 6.45) is -1.02. The number of hydrogen-bond donors (Lipinski definition) is 1. The van der Waals surface area contributed by atoms with Crippen molar-refractivity contribution < 1.29 is 19.4 Å². The highest BCUT2D eigenvalue weighted by molar-refractivity contribution is 5.88. The summed E-state index contributed by atoms with van der Waals surface area (Å²) in [7, 11) is 1.49. The summed E-state index contributed by atoms with van der Waals surface area (Å²) in [4.78, 5) is 12.1. The molecule has 0 atom stereocenters. The van der Waals surface area contributed by atoms with Gasteiger partial charge in [0.1, 0.15) is 0 Å². The lowest BCUT2D eigenvalue weighted by Crippen LogP contribution is -2.36. The van der Waals surface area contributed by atoms with Crippen molar-refractivity contribution in [3.05, 3.63) is 23.8 Å². The normalized spacial score (nSPS) is 16.9. The van der Waals surface area contributed by atoms with E-state index in [2.05, 4.69) is 0 Å². The molecule has 0 aliphatic carbocycles. The summed E-state index contributed by atoms with van der Waals surface area (Å²) in [5.41, 5.74) is 1.39. The van der Waals surface area contributed by atoms with Gasteiger partial charge >= 0.3 is 6.09 Å². The maximum atomic E-state index is 11.0. The van der Waals surface area contributed by atoms with Crippen molar-refractivity contribution in [3.63, 3.8) is 0 Å². The van der Waals surface area contributed by atoms with E-state index in [1.165, 1.54) is 7.05 Å². The fraction of sp³-hybridized carbons (Fsp3) is 0.417. The molecule has 0 aromatic heterocycles. The third-order valence-electron chi connectivity index (χ3n) is 2.65. The van der Waals surface area contributed by atoms with Crippen LogP contribution in [-0.4, -0.2) is 24.0 Å². The van der Waals surface area contributed by atoms with Gasteiger partial charge in [0.2, 0.25) is 5.79 Å². The molecule has 0 unspecified atom stereocenters. The maximum Gasteiger partial charge on any atom is 0.411 e. The van der Waals surface area contributed by atoms with Crippen LogP contribution in [0.15, 0.2) is 18.2 Å². The topological polar surface area (TPSA) is 59.0 Å². The minimum atomic E-state index is -1.02. The van der Waals surface area contributed by atoms with Gasteiger partial charge in [-0.1, -0.05) is 12.1 Å². The fourth-order valence-corrected chi connectivity index (χ4v) is 1.70. The number of rotatable bonds is 1. The molecule has 0 fully saturated rings. The summed E-state index contributed by atoms with van der Waals surface area (Å²) >= 11 is 0. The number of nitrogens with zero attached hydrogens (tertiary/aromatic N) is 1. The van der Waals surface area contributed by atoms with Crippen molar-refractivity contribution in [1.82, 2.24) is 0 Å². The number of ether oxygens (including phenoxy) is 2. The lowest BCUT2D eigenvalue weighted by Gasteiger charge is -2.34. The zero-order valence-electron chi connectivity index (χ0n) is 10.1. The van der Waals surface area contributed by atoms with Crippen molar-refractivity contribution in [2.45, 2.75) is 26.2 Å². The number of carboxylic acid groups (broad SMARTS) is 1. The Morgan fingerprint density at radius 1 is 1.47 bits per heavy atom. The van der Waals surface area contributed by atoms with Gasteiger partial charge in [-0.15, -0.1) is 0 Å². The zero-order chi connectivity index (χ0) is 12.6. The van der Waals surface area contributed by atoms with Crippen LogP contribution in [0.3, 0.4) is 0 Å². The smallest absolute Gasteiger partial charge is 0.411 e. The van der Waals surface area contributed by atoms with Crippen molar-refractivity contribution >= 4 is 11.8 Å². The summed E-state index contributed by atoms with van der Waals surface area (Å²) in [6.45, 7) is 4.02. The highest BCUT2D eigenvalue weighted by Crippen LogP contribution is 2.38. The molecule has 5 nitrogen and oxygen atoms in total. The minimum Gasteiger partial charge on any atom is -0.465 e. The van der Waals surface area contributed by atoms with Crippen LogP contribution in [0.5, 0.6) is 5.75 Å². The summed E-state index contributed by atoms with van der Waals surface area (Å²) in [6, 6.07) is 5.37. The molecule has 1 amide bonds. The Kier molecular flexibility index (Phi) is 2.71. The van der Waals surface area contributed by atoms with Crippen LogP contribution in [0.2, 0.25) is 0 Å². The molecular formula is C12H15NO4. The van der Waals surface area contributed by atoms with E-state index < -0.39 is 11.9 Å². The van der Waals surface area contributed by atoms with Gasteiger partial charge in [-0.3, -0.25) is 4.90 Å². The Hall–Kier alpha value is -1.75. The summed E-state index contributed by atoms with van der Waals surface area (Å²) < 4.78 is 11.2. The first kappa shape index (κ1) is 11.7. The van der Waals surface area contributed by atoms with Gasteiger partial charge in [-0.05, 0) is 6.07 Å². The van der Waals surface area contributed by atoms with E-state index in [1.807, 2.05) is 6.07 Å². The van der Waals surface area contributed by atoms with E-state index in [9.17, 15) is 4.79 Å². The molecular weight excluding hydrogens is 222 g/mol. The highest BCUT2D eigenvalue weighted by atomic mass is 16.7. The van der Waals surface area contributed by atoms with Crippen LogP contribution in [0.1, 0.15) is 19.4 Å². The van der Waals surface area contributed by atoms with Gasteiger partial charge in [0.15, 0.2) is 5.75 Å². The van der Waals surface area contributed by atoms with E-state index >= 15 is 0 Å². The molecule has 0 spiro atoms.